The first-order valence-corrected chi connectivity index (χ1v) is 10.4. The normalized spacial score (nSPS) is 24.3. The van der Waals surface area contributed by atoms with E-state index in [1.807, 2.05) is 0 Å². The number of phenolic OH excluding ortho intramolecular Hbond substituents is 2. The Labute approximate surface area is 197 Å². The highest BCUT2D eigenvalue weighted by Crippen LogP contribution is 2.43. The highest BCUT2D eigenvalue weighted by atomic mass is 16.7. The van der Waals surface area contributed by atoms with E-state index in [4.69, 9.17) is 23.4 Å². The molecule has 188 valence electrons. The van der Waals surface area contributed by atoms with Gasteiger partial charge >= 0.3 is 0 Å². The Bertz CT molecular complexity index is 1280. The van der Waals surface area contributed by atoms with Gasteiger partial charge in [-0.1, -0.05) is 0 Å². The quantitative estimate of drug-likeness (QED) is 0.272. The molecule has 0 bridgehead atoms. The summed E-state index contributed by atoms with van der Waals surface area (Å²) in [5.74, 6) is -1.02. The van der Waals surface area contributed by atoms with Crippen LogP contribution in [0.4, 0.5) is 0 Å². The zero-order valence-corrected chi connectivity index (χ0v) is 18.6. The number of aromatic hydroxyl groups is 2. The van der Waals surface area contributed by atoms with Crippen LogP contribution in [-0.2, 0) is 4.74 Å². The predicted molar refractivity (Wildman–Crippen MR) is 119 cm³/mol. The van der Waals surface area contributed by atoms with E-state index < -0.39 is 48.5 Å². The molecule has 4 rings (SSSR count). The molecule has 6 N–H and O–H groups in total. The number of aliphatic hydroxyl groups is 4. The first-order chi connectivity index (χ1) is 16.7. The lowest BCUT2D eigenvalue weighted by Crippen LogP contribution is -2.60. The van der Waals surface area contributed by atoms with Crippen LogP contribution in [0.15, 0.2) is 39.5 Å². The Morgan fingerprint density at radius 2 is 1.69 bits per heavy atom. The summed E-state index contributed by atoms with van der Waals surface area (Å²) in [6.45, 7) is -0.669. The van der Waals surface area contributed by atoms with E-state index in [-0.39, 0.29) is 39.7 Å². The third-order valence-corrected chi connectivity index (χ3v) is 5.67. The first-order valence-electron chi connectivity index (χ1n) is 10.4. The minimum atomic E-state index is -1.73. The number of methoxy groups -OCH3 is 2. The summed E-state index contributed by atoms with van der Waals surface area (Å²) in [5, 5.41) is 60.2. The standard InChI is InChI=1S/C23H24O12/c1-31-12-4-3-9(5-10(12)25)13-6-11(26)17-14(33-13)7-15(22(32-2)19(17)28)34-23-21(30)20(29)18(27)16(8-24)35-23/h3-7,16,18,20-21,23-25,27-30H,8H2,1-2H3/t16-,18-,20+,21-,23-/m1/s1. The van der Waals surface area contributed by atoms with E-state index in [0.717, 1.165) is 6.07 Å². The molecule has 1 aliphatic heterocycles. The maximum atomic E-state index is 12.8. The van der Waals surface area contributed by atoms with Crippen LogP contribution in [0.25, 0.3) is 22.3 Å². The van der Waals surface area contributed by atoms with Crippen molar-refractivity contribution in [2.24, 2.45) is 0 Å². The first kappa shape index (κ1) is 24.6. The van der Waals surface area contributed by atoms with Crippen molar-refractivity contribution in [3.63, 3.8) is 0 Å². The largest absolute Gasteiger partial charge is 0.504 e. The molecule has 0 aliphatic carbocycles. The third-order valence-electron chi connectivity index (χ3n) is 5.67. The topological polar surface area (TPSA) is 189 Å². The maximum absolute atomic E-state index is 12.8. The van der Waals surface area contributed by atoms with Gasteiger partial charge in [0.15, 0.2) is 28.4 Å². The van der Waals surface area contributed by atoms with Crippen LogP contribution in [0.1, 0.15) is 0 Å². The molecule has 2 aromatic carbocycles. The smallest absolute Gasteiger partial charge is 0.229 e. The summed E-state index contributed by atoms with van der Waals surface area (Å²) in [6.07, 6.45) is -7.83. The predicted octanol–water partition coefficient (Wildman–Crippen LogP) is 0.0671. The second-order valence-electron chi connectivity index (χ2n) is 7.81. The van der Waals surface area contributed by atoms with Gasteiger partial charge in [0, 0.05) is 17.7 Å². The van der Waals surface area contributed by atoms with Gasteiger partial charge < -0.3 is 54.0 Å². The number of hydrogen-bond acceptors (Lipinski definition) is 12. The molecule has 5 atom stereocenters. The Morgan fingerprint density at radius 3 is 2.31 bits per heavy atom. The van der Waals surface area contributed by atoms with Crippen LogP contribution >= 0.6 is 0 Å². The number of aliphatic hydroxyl groups excluding tert-OH is 4. The van der Waals surface area contributed by atoms with Crippen LogP contribution in [0, 0.1) is 0 Å². The van der Waals surface area contributed by atoms with Gasteiger partial charge in [-0.25, -0.2) is 0 Å². The molecule has 0 spiro atoms. The monoisotopic (exact) mass is 492 g/mol. The van der Waals surface area contributed by atoms with Crippen LogP contribution in [-0.4, -0.2) is 82.2 Å². The van der Waals surface area contributed by atoms with E-state index in [1.165, 1.54) is 32.4 Å². The molecule has 1 aromatic heterocycles. The molecule has 2 heterocycles. The fourth-order valence-electron chi connectivity index (χ4n) is 3.82. The maximum Gasteiger partial charge on any atom is 0.229 e. The SMILES string of the molecule is COc1ccc(-c2cc(=O)c3c(O)c(OC)c(O[C@@H]4O[C@H](CO)[C@@H](O)[C@H](O)[C@H]4O)cc3o2)cc1O. The second kappa shape index (κ2) is 9.60. The molecule has 3 aromatic rings. The highest BCUT2D eigenvalue weighted by Gasteiger charge is 2.45. The lowest BCUT2D eigenvalue weighted by atomic mass is 9.99. The lowest BCUT2D eigenvalue weighted by Gasteiger charge is -2.39. The van der Waals surface area contributed by atoms with Crippen molar-refractivity contribution in [3.8, 4) is 40.1 Å². The van der Waals surface area contributed by atoms with E-state index in [2.05, 4.69) is 0 Å². The minimum Gasteiger partial charge on any atom is -0.504 e. The summed E-state index contributed by atoms with van der Waals surface area (Å²) in [7, 11) is 2.59. The van der Waals surface area contributed by atoms with Gasteiger partial charge in [0.2, 0.25) is 12.0 Å². The van der Waals surface area contributed by atoms with Crippen molar-refractivity contribution in [1.29, 1.82) is 0 Å². The molecular weight excluding hydrogens is 468 g/mol. The van der Waals surface area contributed by atoms with Gasteiger partial charge in [0.25, 0.3) is 0 Å². The third kappa shape index (κ3) is 4.33. The second-order valence-corrected chi connectivity index (χ2v) is 7.81. The zero-order valence-electron chi connectivity index (χ0n) is 18.6. The molecule has 1 saturated heterocycles. The highest BCUT2D eigenvalue weighted by molar-refractivity contribution is 5.89. The van der Waals surface area contributed by atoms with Crippen LogP contribution < -0.4 is 19.6 Å². The molecule has 1 aliphatic rings. The number of hydrogen-bond donors (Lipinski definition) is 6. The van der Waals surface area contributed by atoms with Crippen molar-refractivity contribution in [3.05, 3.63) is 40.6 Å². The average molecular weight is 492 g/mol. The van der Waals surface area contributed by atoms with Gasteiger partial charge in [0.05, 0.1) is 20.8 Å². The number of benzene rings is 2. The summed E-state index contributed by atoms with van der Waals surface area (Å²) in [6, 6.07) is 6.70. The fraction of sp³-hybridized carbons (Fsp3) is 0.348. The van der Waals surface area contributed by atoms with Gasteiger partial charge in [-0.05, 0) is 18.2 Å². The van der Waals surface area contributed by atoms with Crippen LogP contribution in [0.3, 0.4) is 0 Å². The van der Waals surface area contributed by atoms with Crippen molar-refractivity contribution < 1.29 is 54.0 Å². The fourth-order valence-corrected chi connectivity index (χ4v) is 3.82. The summed E-state index contributed by atoms with van der Waals surface area (Å²) in [5.41, 5.74) is -0.401. The molecule has 12 heteroatoms. The van der Waals surface area contributed by atoms with Crippen molar-refractivity contribution in [2.75, 3.05) is 20.8 Å². The molecule has 0 radical (unpaired) electrons. The molecule has 0 saturated carbocycles. The van der Waals surface area contributed by atoms with E-state index in [0.29, 0.717) is 5.56 Å². The number of rotatable bonds is 6. The Balaban J connectivity index is 1.80. The van der Waals surface area contributed by atoms with Crippen molar-refractivity contribution >= 4 is 11.0 Å². The molecule has 0 unspecified atom stereocenters. The van der Waals surface area contributed by atoms with Gasteiger partial charge in [-0.3, -0.25) is 4.79 Å². The zero-order chi connectivity index (χ0) is 25.4. The number of fused-ring (bicyclic) bond motifs is 1. The van der Waals surface area contributed by atoms with Crippen LogP contribution in [0.2, 0.25) is 0 Å². The lowest BCUT2D eigenvalue weighted by molar-refractivity contribution is -0.277. The minimum absolute atomic E-state index is 0.0591. The molecular formula is C23H24O12. The number of phenols is 2. The van der Waals surface area contributed by atoms with Gasteiger partial charge in [-0.15, -0.1) is 0 Å². The van der Waals surface area contributed by atoms with E-state index in [1.54, 1.807) is 6.07 Å². The Morgan fingerprint density at radius 1 is 0.943 bits per heavy atom. The molecule has 1 fully saturated rings. The van der Waals surface area contributed by atoms with Crippen LogP contribution in [0.5, 0.6) is 28.7 Å². The molecule has 0 amide bonds. The van der Waals surface area contributed by atoms with Crippen molar-refractivity contribution in [1.82, 2.24) is 0 Å². The number of ether oxygens (including phenoxy) is 4. The van der Waals surface area contributed by atoms with E-state index >= 15 is 0 Å². The molecule has 35 heavy (non-hydrogen) atoms. The Kier molecular flexibility index (Phi) is 6.74. The van der Waals surface area contributed by atoms with Gasteiger partial charge in [0.1, 0.15) is 41.1 Å². The summed E-state index contributed by atoms with van der Waals surface area (Å²) < 4.78 is 26.9. The molecule has 12 nitrogen and oxygen atoms in total. The average Bonchev–Trinajstić information content (AvgIpc) is 2.84. The summed E-state index contributed by atoms with van der Waals surface area (Å²) in [4.78, 5) is 12.8. The van der Waals surface area contributed by atoms with Crippen molar-refractivity contribution in [2.45, 2.75) is 30.7 Å². The Hall–Kier alpha value is -3.55. The van der Waals surface area contributed by atoms with Gasteiger partial charge in [-0.2, -0.15) is 0 Å². The van der Waals surface area contributed by atoms with E-state index in [9.17, 15) is 35.4 Å². The summed E-state index contributed by atoms with van der Waals surface area (Å²) >= 11 is 0.